The SMILES string of the molecule is C=CC(=O)OCCOc1c2cc(CCCCCC)cc1Cc1cc(CCCCCC)cc(c1OCCO)Cc1cc(CCCCCC)cc(c1OCCOC(=O)C=C)Cc1cc(CCCCCC)cc(c1OCCO)C2. The smallest absolute Gasteiger partial charge is 0.330 e. The number of unbranched alkanes of at least 4 members (excludes halogenated alkanes) is 12. The van der Waals surface area contributed by atoms with Gasteiger partial charge in [0.25, 0.3) is 0 Å². The van der Waals surface area contributed by atoms with Gasteiger partial charge < -0.3 is 38.6 Å². The van der Waals surface area contributed by atoms with Crippen molar-refractivity contribution in [2.24, 2.45) is 0 Å². The summed E-state index contributed by atoms with van der Waals surface area (Å²) in [4.78, 5) is 24.6. The number of hydrogen-bond acceptors (Lipinski definition) is 10. The molecule has 10 heteroatoms. The Bertz CT molecular complexity index is 2150. The first-order valence-corrected chi connectivity index (χ1v) is 29.1. The highest BCUT2D eigenvalue weighted by Crippen LogP contribution is 2.42. The number of aryl methyl sites for hydroxylation is 4. The normalized spacial score (nSPS) is 12.0. The van der Waals surface area contributed by atoms with Gasteiger partial charge >= 0.3 is 11.9 Å². The number of aliphatic hydroxyl groups excluding tert-OH is 2. The number of ether oxygens (including phenoxy) is 6. The molecule has 10 nitrogen and oxygen atoms in total. The molecule has 0 saturated carbocycles. The summed E-state index contributed by atoms with van der Waals surface area (Å²) >= 11 is 0. The van der Waals surface area contributed by atoms with E-state index in [0.717, 1.165) is 170 Å². The van der Waals surface area contributed by atoms with Crippen LogP contribution in [0.2, 0.25) is 0 Å². The molecule has 0 spiro atoms. The first-order chi connectivity index (χ1) is 37.2. The van der Waals surface area contributed by atoms with E-state index in [1.54, 1.807) is 0 Å². The molecule has 0 radical (unpaired) electrons. The second-order valence-corrected chi connectivity index (χ2v) is 20.5. The molecule has 1 aliphatic rings. The van der Waals surface area contributed by atoms with Gasteiger partial charge in [0.15, 0.2) is 0 Å². The molecule has 0 amide bonds. The number of fused-ring (bicyclic) bond motifs is 8. The Balaban J connectivity index is 1.90. The minimum atomic E-state index is -0.506. The van der Waals surface area contributed by atoms with Crippen molar-refractivity contribution < 1.29 is 48.2 Å². The zero-order valence-electron chi connectivity index (χ0n) is 47.0. The van der Waals surface area contributed by atoms with Crippen molar-refractivity contribution in [2.45, 2.75) is 182 Å². The molecule has 0 aliphatic heterocycles. The fourth-order valence-corrected chi connectivity index (χ4v) is 10.5. The van der Waals surface area contributed by atoms with Crippen molar-refractivity contribution in [1.82, 2.24) is 0 Å². The molecule has 2 N–H and O–H groups in total. The predicted octanol–water partition coefficient (Wildman–Crippen LogP) is 13.8. The van der Waals surface area contributed by atoms with Gasteiger partial charge in [0.1, 0.15) is 62.6 Å². The van der Waals surface area contributed by atoms with Crippen LogP contribution in [0.4, 0.5) is 0 Å². The minimum absolute atomic E-state index is 0.0481. The summed E-state index contributed by atoms with van der Waals surface area (Å²) < 4.78 is 38.3. The number of esters is 2. The van der Waals surface area contributed by atoms with Gasteiger partial charge in [0, 0.05) is 37.8 Å². The van der Waals surface area contributed by atoms with E-state index in [9.17, 15) is 19.8 Å². The zero-order valence-corrected chi connectivity index (χ0v) is 47.0. The average Bonchev–Trinajstić information content (AvgIpc) is 3.42. The van der Waals surface area contributed by atoms with Crippen LogP contribution in [0, 0.1) is 0 Å². The van der Waals surface area contributed by atoms with Crippen LogP contribution in [0.5, 0.6) is 23.0 Å². The van der Waals surface area contributed by atoms with Gasteiger partial charge in [-0.25, -0.2) is 9.59 Å². The fourth-order valence-electron chi connectivity index (χ4n) is 10.5. The summed E-state index contributed by atoms with van der Waals surface area (Å²) in [6, 6.07) is 18.4. The molecule has 0 heterocycles. The molecule has 8 bridgehead atoms. The molecule has 0 atom stereocenters. The number of rotatable bonds is 36. The van der Waals surface area contributed by atoms with Crippen molar-refractivity contribution in [3.05, 3.63) is 141 Å². The van der Waals surface area contributed by atoms with E-state index in [1.807, 2.05) is 0 Å². The Labute approximate surface area is 456 Å². The Morgan fingerprint density at radius 2 is 0.618 bits per heavy atom. The van der Waals surface area contributed by atoms with Crippen LogP contribution in [0.25, 0.3) is 0 Å². The maximum Gasteiger partial charge on any atom is 0.330 e. The van der Waals surface area contributed by atoms with Crippen molar-refractivity contribution >= 4 is 11.9 Å². The van der Waals surface area contributed by atoms with Gasteiger partial charge in [-0.05, 0) is 118 Å². The monoisotopic (exact) mass is 1040 g/mol. The van der Waals surface area contributed by atoms with Crippen molar-refractivity contribution in [1.29, 1.82) is 0 Å². The Morgan fingerprint density at radius 3 is 0.829 bits per heavy atom. The van der Waals surface area contributed by atoms with Gasteiger partial charge in [-0.3, -0.25) is 0 Å². The summed E-state index contributed by atoms with van der Waals surface area (Å²) in [5.41, 5.74) is 12.9. The number of carbonyl (C=O) groups is 2. The molecule has 4 aromatic rings. The van der Waals surface area contributed by atoms with Gasteiger partial charge in [-0.1, -0.05) is 166 Å². The van der Waals surface area contributed by atoms with Crippen LogP contribution < -0.4 is 18.9 Å². The predicted molar refractivity (Wildman–Crippen MR) is 307 cm³/mol. The molecule has 0 fully saturated rings. The van der Waals surface area contributed by atoms with Gasteiger partial charge in [0.2, 0.25) is 0 Å². The molecule has 4 aromatic carbocycles. The zero-order chi connectivity index (χ0) is 54.3. The first-order valence-electron chi connectivity index (χ1n) is 29.1. The average molecular weight is 1050 g/mol. The van der Waals surface area contributed by atoms with Gasteiger partial charge in [-0.2, -0.15) is 0 Å². The lowest BCUT2D eigenvalue weighted by Crippen LogP contribution is -2.15. The van der Waals surface area contributed by atoms with Gasteiger partial charge in [0.05, 0.1) is 13.2 Å². The fraction of sp³-hybridized carbons (Fsp3) is 0.545. The molecule has 1 aliphatic carbocycles. The van der Waals surface area contributed by atoms with E-state index in [0.29, 0.717) is 25.7 Å². The highest BCUT2D eigenvalue weighted by atomic mass is 16.6. The van der Waals surface area contributed by atoms with Crippen LogP contribution >= 0.6 is 0 Å². The maximum absolute atomic E-state index is 12.3. The highest BCUT2D eigenvalue weighted by molar-refractivity contribution is 5.81. The minimum Gasteiger partial charge on any atom is -0.491 e. The first kappa shape index (κ1) is 61.3. The topological polar surface area (TPSA) is 130 Å². The number of benzene rings is 4. The van der Waals surface area contributed by atoms with Crippen LogP contribution in [-0.2, 0) is 70.4 Å². The molecule has 416 valence electrons. The van der Waals surface area contributed by atoms with E-state index >= 15 is 0 Å². The van der Waals surface area contributed by atoms with E-state index < -0.39 is 11.9 Å². The summed E-state index contributed by atoms with van der Waals surface area (Å²) in [7, 11) is 0. The molecule has 76 heavy (non-hydrogen) atoms. The van der Waals surface area contributed by atoms with E-state index in [4.69, 9.17) is 28.4 Å². The van der Waals surface area contributed by atoms with Crippen LogP contribution in [-0.4, -0.2) is 75.0 Å². The lowest BCUT2D eigenvalue weighted by Gasteiger charge is -2.25. The van der Waals surface area contributed by atoms with E-state index in [2.05, 4.69) is 89.4 Å². The van der Waals surface area contributed by atoms with Crippen LogP contribution in [0.3, 0.4) is 0 Å². The molecule has 0 aromatic heterocycles. The third-order valence-electron chi connectivity index (χ3n) is 14.2. The quantitative estimate of drug-likeness (QED) is 0.0227. The second kappa shape index (κ2) is 35.0. The van der Waals surface area contributed by atoms with Crippen LogP contribution in [0.15, 0.2) is 73.8 Å². The highest BCUT2D eigenvalue weighted by Gasteiger charge is 2.25. The molecular formula is C66H92O10. The molecule has 5 rings (SSSR count). The molecule has 0 unspecified atom stereocenters. The maximum atomic E-state index is 12.3. The second-order valence-electron chi connectivity index (χ2n) is 20.5. The molecule has 0 saturated heterocycles. The van der Waals surface area contributed by atoms with E-state index in [-0.39, 0.29) is 52.9 Å². The number of hydrogen-bond donors (Lipinski definition) is 2. The summed E-state index contributed by atoms with van der Waals surface area (Å²) in [5, 5.41) is 20.8. The number of carbonyl (C=O) groups excluding carboxylic acids is 2. The third kappa shape index (κ3) is 20.1. The summed E-state index contributed by atoms with van der Waals surface area (Å²) in [5.74, 6) is 1.92. The summed E-state index contributed by atoms with van der Waals surface area (Å²) in [6.07, 6.45) is 25.8. The Hall–Kier alpha value is -5.58. The van der Waals surface area contributed by atoms with Crippen molar-refractivity contribution in [2.75, 3.05) is 52.9 Å². The number of aliphatic hydroxyl groups is 2. The summed E-state index contributed by atoms with van der Waals surface area (Å²) in [6.45, 7) is 16.4. The standard InChI is InChI=1S/C66H92O10/c1-7-13-17-21-25-49-37-53-45-57-41-51(27-23-19-15-9-3)43-59(65(57)75-35-33-71-61(69)11-5)47-55-39-50(26-22-18-14-8-2)40-56(64(55)74-32-30-68)48-60-44-52(28-24-20-16-10-4)42-58(46-54(38-49)63(53)73-31-29-67)66(60)76-36-34-72-62(70)12-6/h11-12,37-44,67-68H,5-10,13-36,45-48H2,1-4H3. The van der Waals surface area contributed by atoms with E-state index in [1.165, 1.54) is 60.1 Å². The Morgan fingerprint density at radius 1 is 0.382 bits per heavy atom. The lowest BCUT2D eigenvalue weighted by atomic mass is 9.87. The Kier molecular flexibility index (Phi) is 28.2. The van der Waals surface area contributed by atoms with Crippen LogP contribution in [0.1, 0.15) is 197 Å². The third-order valence-corrected chi connectivity index (χ3v) is 14.2. The van der Waals surface area contributed by atoms with Crippen molar-refractivity contribution in [3.8, 4) is 23.0 Å². The van der Waals surface area contributed by atoms with Gasteiger partial charge in [-0.15, -0.1) is 0 Å². The largest absolute Gasteiger partial charge is 0.491 e. The van der Waals surface area contributed by atoms with Crippen molar-refractivity contribution in [3.63, 3.8) is 0 Å². The molecular weight excluding hydrogens is 953 g/mol. The lowest BCUT2D eigenvalue weighted by molar-refractivity contribution is -0.139.